The number of hydrogen-bond acceptors (Lipinski definition) is 3. The molecular weight excluding hydrogens is 287 g/mol. The summed E-state index contributed by atoms with van der Waals surface area (Å²) in [6.45, 7) is 0.969. The molecule has 0 saturated carbocycles. The van der Waals surface area contributed by atoms with Gasteiger partial charge in [0.05, 0.1) is 6.61 Å². The van der Waals surface area contributed by atoms with Crippen molar-refractivity contribution >= 4 is 5.97 Å². The molecule has 0 N–H and O–H groups in total. The van der Waals surface area contributed by atoms with Crippen molar-refractivity contribution in [1.29, 1.82) is 0 Å². The monoisotopic (exact) mass is 298 g/mol. The molecule has 1 rings (SSSR count). The van der Waals surface area contributed by atoms with E-state index >= 15 is 0 Å². The molecule has 0 heterocycles. The van der Waals surface area contributed by atoms with Gasteiger partial charge in [-0.25, -0.2) is 18.0 Å². The lowest BCUT2D eigenvalue weighted by Crippen LogP contribution is -2.17. The van der Waals surface area contributed by atoms with Gasteiger partial charge in [-0.05, 0) is 6.42 Å². The van der Waals surface area contributed by atoms with Crippen LogP contribution in [0.25, 0.3) is 0 Å². The fraction of sp³-hybridized carbons (Fsp3) is 0.417. The van der Waals surface area contributed by atoms with Gasteiger partial charge in [-0.2, -0.15) is 8.78 Å². The molecule has 20 heavy (non-hydrogen) atoms. The van der Waals surface area contributed by atoms with E-state index in [1.54, 1.807) is 0 Å². The third kappa shape index (κ3) is 3.58. The second-order valence-electron chi connectivity index (χ2n) is 3.76. The normalized spacial score (nSPS) is 10.5. The highest BCUT2D eigenvalue weighted by atomic mass is 19.2. The molecule has 0 unspecified atom stereocenters. The molecule has 0 bridgehead atoms. The summed E-state index contributed by atoms with van der Waals surface area (Å²) in [7, 11) is 0. The zero-order valence-electron chi connectivity index (χ0n) is 10.4. The molecule has 0 amide bonds. The van der Waals surface area contributed by atoms with Gasteiger partial charge in [0.15, 0.2) is 12.4 Å². The number of rotatable bonds is 6. The van der Waals surface area contributed by atoms with Crippen molar-refractivity contribution < 1.29 is 36.2 Å². The quantitative estimate of drug-likeness (QED) is 0.266. The van der Waals surface area contributed by atoms with Gasteiger partial charge in [0.25, 0.3) is 0 Å². The SMILES string of the molecule is CCCCOC(=O)COc1c(F)c(F)c(F)c(F)c1F. The zero-order chi connectivity index (χ0) is 15.3. The van der Waals surface area contributed by atoms with Crippen LogP contribution in [0.5, 0.6) is 5.75 Å². The van der Waals surface area contributed by atoms with Gasteiger partial charge in [-0.15, -0.1) is 0 Å². The molecule has 0 spiro atoms. The van der Waals surface area contributed by atoms with Crippen LogP contribution in [0.3, 0.4) is 0 Å². The summed E-state index contributed by atoms with van der Waals surface area (Å²) in [5, 5.41) is 0. The van der Waals surface area contributed by atoms with Gasteiger partial charge in [0, 0.05) is 0 Å². The molecule has 0 atom stereocenters. The average Bonchev–Trinajstić information content (AvgIpc) is 2.43. The highest BCUT2D eigenvalue weighted by molar-refractivity contribution is 5.71. The van der Waals surface area contributed by atoms with Crippen LogP contribution in [-0.4, -0.2) is 19.2 Å². The van der Waals surface area contributed by atoms with E-state index in [2.05, 4.69) is 9.47 Å². The Balaban J connectivity index is 2.76. The summed E-state index contributed by atoms with van der Waals surface area (Å²) in [6, 6.07) is 0. The molecule has 1 aromatic rings. The molecule has 0 aliphatic heterocycles. The Hall–Kier alpha value is -1.86. The van der Waals surface area contributed by atoms with E-state index in [0.717, 1.165) is 6.42 Å². The van der Waals surface area contributed by atoms with Crippen molar-refractivity contribution in [2.75, 3.05) is 13.2 Å². The first kappa shape index (κ1) is 16.2. The van der Waals surface area contributed by atoms with E-state index in [4.69, 9.17) is 0 Å². The van der Waals surface area contributed by atoms with Crippen LogP contribution in [0.4, 0.5) is 22.0 Å². The van der Waals surface area contributed by atoms with E-state index in [1.807, 2.05) is 6.92 Å². The minimum absolute atomic E-state index is 0.0792. The summed E-state index contributed by atoms with van der Waals surface area (Å²) in [4.78, 5) is 11.1. The molecule has 0 aliphatic carbocycles. The number of carbonyl (C=O) groups excluding carboxylic acids is 1. The van der Waals surface area contributed by atoms with Crippen LogP contribution in [0, 0.1) is 29.1 Å². The Morgan fingerprint density at radius 3 is 1.95 bits per heavy atom. The molecule has 0 aliphatic rings. The van der Waals surface area contributed by atoms with Crippen molar-refractivity contribution in [3.8, 4) is 5.75 Å². The molecule has 0 aromatic heterocycles. The van der Waals surface area contributed by atoms with Crippen LogP contribution in [0.15, 0.2) is 0 Å². The molecule has 1 aromatic carbocycles. The van der Waals surface area contributed by atoms with Crippen molar-refractivity contribution in [1.82, 2.24) is 0 Å². The lowest BCUT2D eigenvalue weighted by Gasteiger charge is -2.10. The smallest absolute Gasteiger partial charge is 0.344 e. The van der Waals surface area contributed by atoms with Crippen molar-refractivity contribution in [2.45, 2.75) is 19.8 Å². The van der Waals surface area contributed by atoms with Crippen molar-refractivity contribution in [3.63, 3.8) is 0 Å². The third-order valence-corrected chi connectivity index (χ3v) is 2.26. The molecule has 0 radical (unpaired) electrons. The van der Waals surface area contributed by atoms with Crippen LogP contribution in [0.2, 0.25) is 0 Å². The van der Waals surface area contributed by atoms with Gasteiger partial charge in [0.1, 0.15) is 0 Å². The Kier molecular flexibility index (Phi) is 5.72. The van der Waals surface area contributed by atoms with Gasteiger partial charge in [-0.1, -0.05) is 13.3 Å². The van der Waals surface area contributed by atoms with Crippen LogP contribution in [0.1, 0.15) is 19.8 Å². The Morgan fingerprint density at radius 1 is 0.950 bits per heavy atom. The largest absolute Gasteiger partial charge is 0.476 e. The maximum absolute atomic E-state index is 13.2. The first-order valence-electron chi connectivity index (χ1n) is 5.70. The zero-order valence-corrected chi connectivity index (χ0v) is 10.4. The van der Waals surface area contributed by atoms with E-state index in [-0.39, 0.29) is 6.61 Å². The molecule has 0 fully saturated rings. The van der Waals surface area contributed by atoms with Crippen molar-refractivity contribution in [3.05, 3.63) is 29.1 Å². The molecular formula is C12H11F5O3. The summed E-state index contributed by atoms with van der Waals surface area (Å²) >= 11 is 0. The molecule has 0 saturated heterocycles. The number of unbranched alkanes of at least 4 members (excludes halogenated alkanes) is 1. The van der Waals surface area contributed by atoms with Crippen molar-refractivity contribution in [2.24, 2.45) is 0 Å². The maximum atomic E-state index is 13.2. The van der Waals surface area contributed by atoms with Crippen LogP contribution < -0.4 is 4.74 Å². The fourth-order valence-corrected chi connectivity index (χ4v) is 1.21. The van der Waals surface area contributed by atoms with E-state index in [1.165, 1.54) is 0 Å². The van der Waals surface area contributed by atoms with Gasteiger partial charge in [0.2, 0.25) is 29.1 Å². The van der Waals surface area contributed by atoms with Gasteiger partial charge in [-0.3, -0.25) is 0 Å². The van der Waals surface area contributed by atoms with Crippen LogP contribution in [-0.2, 0) is 9.53 Å². The predicted molar refractivity (Wildman–Crippen MR) is 57.6 cm³/mol. The molecule has 3 nitrogen and oxygen atoms in total. The van der Waals surface area contributed by atoms with E-state index < -0.39 is 47.4 Å². The highest BCUT2D eigenvalue weighted by Gasteiger charge is 2.27. The average molecular weight is 298 g/mol. The second kappa shape index (κ2) is 7.06. The topological polar surface area (TPSA) is 35.5 Å². The Bertz CT molecular complexity index is 475. The number of benzene rings is 1. The highest BCUT2D eigenvalue weighted by Crippen LogP contribution is 2.28. The number of carbonyl (C=O) groups is 1. The summed E-state index contributed by atoms with van der Waals surface area (Å²) in [5.74, 6) is -13.3. The van der Waals surface area contributed by atoms with Gasteiger partial charge < -0.3 is 9.47 Å². The fourth-order valence-electron chi connectivity index (χ4n) is 1.21. The summed E-state index contributed by atoms with van der Waals surface area (Å²) in [5.41, 5.74) is 0. The lowest BCUT2D eigenvalue weighted by atomic mass is 10.2. The first-order chi connectivity index (χ1) is 9.40. The van der Waals surface area contributed by atoms with E-state index in [9.17, 15) is 26.7 Å². The minimum Gasteiger partial charge on any atom is -0.476 e. The lowest BCUT2D eigenvalue weighted by molar-refractivity contribution is -0.146. The molecule has 112 valence electrons. The number of ether oxygens (including phenoxy) is 2. The van der Waals surface area contributed by atoms with Gasteiger partial charge >= 0.3 is 5.97 Å². The van der Waals surface area contributed by atoms with E-state index in [0.29, 0.717) is 6.42 Å². The first-order valence-corrected chi connectivity index (χ1v) is 5.70. The number of hydrogen-bond donors (Lipinski definition) is 0. The summed E-state index contributed by atoms with van der Waals surface area (Å²) < 4.78 is 73.6. The predicted octanol–water partition coefficient (Wildman–Crippen LogP) is 3.10. The van der Waals surface area contributed by atoms with Crippen LogP contribution >= 0.6 is 0 Å². The summed E-state index contributed by atoms with van der Waals surface area (Å²) in [6.07, 6.45) is 1.33. The number of esters is 1. The number of halogens is 5. The second-order valence-corrected chi connectivity index (χ2v) is 3.76. The Labute approximate surface area is 111 Å². The Morgan fingerprint density at radius 2 is 1.45 bits per heavy atom. The maximum Gasteiger partial charge on any atom is 0.344 e. The standard InChI is InChI=1S/C12H11F5O3/c1-2-3-4-19-6(18)5-20-12-10(16)8(14)7(13)9(15)11(12)17/h2-5H2,1H3. The molecule has 8 heteroatoms. The minimum atomic E-state index is -2.29. The third-order valence-electron chi connectivity index (χ3n) is 2.26.